The van der Waals surface area contributed by atoms with E-state index < -0.39 is 0 Å². The molecule has 1 amide bonds. The lowest BCUT2D eigenvalue weighted by molar-refractivity contribution is -0.159. The van der Waals surface area contributed by atoms with Crippen molar-refractivity contribution in [2.75, 3.05) is 6.61 Å². The fourth-order valence-electron chi connectivity index (χ4n) is 9.08. The van der Waals surface area contributed by atoms with Gasteiger partial charge in [-0.25, -0.2) is 0 Å². The molecule has 4 rings (SSSR count). The van der Waals surface area contributed by atoms with Gasteiger partial charge >= 0.3 is 17.9 Å². The molecule has 0 aliphatic heterocycles. The van der Waals surface area contributed by atoms with Crippen LogP contribution in [0.15, 0.2) is 0 Å². The average molecular weight is 548 g/mol. The summed E-state index contributed by atoms with van der Waals surface area (Å²) in [7, 11) is 0. The largest absolute Gasteiger partial charge is 0.466 e. The van der Waals surface area contributed by atoms with Crippen LogP contribution in [0.3, 0.4) is 0 Å². The van der Waals surface area contributed by atoms with Crippen molar-refractivity contribution >= 4 is 23.8 Å². The van der Waals surface area contributed by atoms with Crippen molar-refractivity contribution in [1.29, 1.82) is 0 Å². The molecule has 4 aliphatic carbocycles. The molecule has 0 aromatic carbocycles. The molecule has 0 spiro atoms. The highest BCUT2D eigenvalue weighted by molar-refractivity contribution is 5.74. The first kappa shape index (κ1) is 29.9. The normalized spacial score (nSPS) is 39.8. The van der Waals surface area contributed by atoms with Gasteiger partial charge in [0.15, 0.2) is 0 Å². The quantitative estimate of drug-likeness (QED) is 0.338. The zero-order valence-electron chi connectivity index (χ0n) is 24.8. The van der Waals surface area contributed by atoms with Gasteiger partial charge in [-0.1, -0.05) is 20.8 Å². The van der Waals surface area contributed by atoms with E-state index in [-0.39, 0.29) is 65.2 Å². The van der Waals surface area contributed by atoms with Gasteiger partial charge in [-0.3, -0.25) is 19.2 Å². The van der Waals surface area contributed by atoms with Crippen molar-refractivity contribution < 1.29 is 33.4 Å². The van der Waals surface area contributed by atoms with E-state index in [9.17, 15) is 19.2 Å². The number of hydrogen-bond acceptors (Lipinski definition) is 7. The Labute approximate surface area is 233 Å². The number of amides is 1. The summed E-state index contributed by atoms with van der Waals surface area (Å²) in [6, 6.07) is -0.186. The Morgan fingerprint density at radius 2 is 1.59 bits per heavy atom. The summed E-state index contributed by atoms with van der Waals surface area (Å²) >= 11 is 0. The summed E-state index contributed by atoms with van der Waals surface area (Å²) in [5.74, 6) is 1.34. The van der Waals surface area contributed by atoms with E-state index in [1.165, 1.54) is 13.8 Å². The van der Waals surface area contributed by atoms with Crippen LogP contribution in [-0.2, 0) is 33.4 Å². The van der Waals surface area contributed by atoms with Crippen LogP contribution in [-0.4, -0.2) is 48.7 Å². The second-order valence-electron chi connectivity index (χ2n) is 13.6. The molecule has 4 saturated carbocycles. The van der Waals surface area contributed by atoms with E-state index in [1.54, 1.807) is 6.92 Å². The van der Waals surface area contributed by atoms with Gasteiger partial charge in [0.25, 0.3) is 0 Å². The average Bonchev–Trinajstić information content (AvgIpc) is 3.12. The fraction of sp³-hybridized carbons (Fsp3) is 0.871. The van der Waals surface area contributed by atoms with E-state index in [4.69, 9.17) is 14.2 Å². The van der Waals surface area contributed by atoms with Crippen LogP contribution in [0.1, 0.15) is 106 Å². The zero-order valence-corrected chi connectivity index (χ0v) is 24.8. The maximum Gasteiger partial charge on any atom is 0.306 e. The number of rotatable bonds is 8. The molecule has 0 aromatic rings. The first-order valence-electron chi connectivity index (χ1n) is 15.1. The molecule has 0 radical (unpaired) electrons. The molecule has 0 aromatic heterocycles. The van der Waals surface area contributed by atoms with Crippen LogP contribution in [0.5, 0.6) is 0 Å². The molecule has 0 heterocycles. The van der Waals surface area contributed by atoms with E-state index >= 15 is 0 Å². The minimum absolute atomic E-state index is 0.0437. The Kier molecular flexibility index (Phi) is 9.02. The summed E-state index contributed by atoms with van der Waals surface area (Å²) in [6.45, 7) is 11.5. The summed E-state index contributed by atoms with van der Waals surface area (Å²) in [5.41, 5.74) is 0.121. The Morgan fingerprint density at radius 3 is 2.26 bits per heavy atom. The molecule has 1 N–H and O–H groups in total. The van der Waals surface area contributed by atoms with Crippen LogP contribution in [0.25, 0.3) is 0 Å². The topological polar surface area (TPSA) is 108 Å². The van der Waals surface area contributed by atoms with Gasteiger partial charge in [0, 0.05) is 27.2 Å². The number of nitrogens with one attached hydrogen (secondary N) is 1. The van der Waals surface area contributed by atoms with Crippen molar-refractivity contribution in [3.63, 3.8) is 0 Å². The van der Waals surface area contributed by atoms with E-state index in [2.05, 4.69) is 19.2 Å². The van der Waals surface area contributed by atoms with Crippen molar-refractivity contribution in [3.8, 4) is 0 Å². The maximum absolute atomic E-state index is 12.9. The highest BCUT2D eigenvalue weighted by Gasteiger charge is 2.63. The SMILES string of the molecule is CC(=O)NC1C(OC(=O)CCC(C)COC(C)=O)CC2C3CC[C@H]4CC(OC(C)=O)CC[C@]4(C)C3CC[C@@]21C. The summed E-state index contributed by atoms with van der Waals surface area (Å²) in [4.78, 5) is 47.9. The van der Waals surface area contributed by atoms with E-state index in [1.807, 2.05) is 6.92 Å². The molecule has 8 nitrogen and oxygen atoms in total. The smallest absolute Gasteiger partial charge is 0.306 e. The lowest BCUT2D eigenvalue weighted by Crippen LogP contribution is -2.57. The van der Waals surface area contributed by atoms with Crippen molar-refractivity contribution in [2.24, 2.45) is 40.4 Å². The van der Waals surface area contributed by atoms with Crippen LogP contribution in [0.2, 0.25) is 0 Å². The van der Waals surface area contributed by atoms with Gasteiger partial charge in [-0.2, -0.15) is 0 Å². The predicted octanol–water partition coefficient (Wildman–Crippen LogP) is 4.97. The minimum atomic E-state index is -0.329. The van der Waals surface area contributed by atoms with Gasteiger partial charge in [-0.15, -0.1) is 0 Å². The van der Waals surface area contributed by atoms with Gasteiger partial charge in [0.05, 0.1) is 12.6 Å². The van der Waals surface area contributed by atoms with Crippen molar-refractivity contribution in [2.45, 2.75) is 124 Å². The predicted molar refractivity (Wildman–Crippen MR) is 145 cm³/mol. The summed E-state index contributed by atoms with van der Waals surface area (Å²) < 4.78 is 16.8. The number of ether oxygens (including phenoxy) is 3. The first-order valence-corrected chi connectivity index (χ1v) is 15.1. The summed E-state index contributed by atoms with van der Waals surface area (Å²) in [5, 5.41) is 3.20. The lowest BCUT2D eigenvalue weighted by Gasteiger charge is -2.60. The third-order valence-electron chi connectivity index (χ3n) is 11.0. The second kappa shape index (κ2) is 11.8. The van der Waals surface area contributed by atoms with Crippen LogP contribution < -0.4 is 5.32 Å². The van der Waals surface area contributed by atoms with E-state index in [0.717, 1.165) is 51.4 Å². The maximum atomic E-state index is 12.9. The van der Waals surface area contributed by atoms with Gasteiger partial charge in [0.1, 0.15) is 12.2 Å². The molecule has 220 valence electrons. The minimum Gasteiger partial charge on any atom is -0.466 e. The monoisotopic (exact) mass is 547 g/mol. The molecule has 0 bridgehead atoms. The number of carbonyl (C=O) groups is 4. The van der Waals surface area contributed by atoms with Crippen molar-refractivity contribution in [1.82, 2.24) is 5.32 Å². The molecule has 10 atom stereocenters. The fourth-order valence-corrected chi connectivity index (χ4v) is 9.08. The van der Waals surface area contributed by atoms with Gasteiger partial charge < -0.3 is 19.5 Å². The Balaban J connectivity index is 1.45. The molecule has 0 saturated heterocycles. The van der Waals surface area contributed by atoms with E-state index in [0.29, 0.717) is 36.7 Å². The molecule has 7 unspecified atom stereocenters. The third-order valence-corrected chi connectivity index (χ3v) is 11.0. The Hall–Kier alpha value is -2.12. The zero-order chi connectivity index (χ0) is 28.5. The molecule has 8 heteroatoms. The number of carbonyl (C=O) groups excluding carboxylic acids is 4. The lowest BCUT2D eigenvalue weighted by atomic mass is 9.45. The van der Waals surface area contributed by atoms with Gasteiger partial charge in [0.2, 0.25) is 5.91 Å². The second-order valence-corrected chi connectivity index (χ2v) is 13.6. The number of fused-ring (bicyclic) bond motifs is 5. The van der Waals surface area contributed by atoms with Gasteiger partial charge in [-0.05, 0) is 98.2 Å². The van der Waals surface area contributed by atoms with Crippen molar-refractivity contribution in [3.05, 3.63) is 0 Å². The third kappa shape index (κ3) is 6.30. The molecule has 4 aliphatic rings. The molecule has 4 fully saturated rings. The van der Waals surface area contributed by atoms with Crippen LogP contribution >= 0.6 is 0 Å². The first-order chi connectivity index (χ1) is 18.3. The number of hydrogen-bond donors (Lipinski definition) is 1. The highest BCUT2D eigenvalue weighted by atomic mass is 16.5. The highest BCUT2D eigenvalue weighted by Crippen LogP contribution is 2.66. The Morgan fingerprint density at radius 1 is 0.872 bits per heavy atom. The molecular formula is C31H49NO7. The standard InChI is InChI=1S/C31H49NO7/c1-18(17-37-20(3)34)7-10-28(36)39-27-16-26-24-9-8-22-15-23(38-21(4)35)11-13-30(22,5)25(24)12-14-31(26,6)29(27)32-19(2)33/h18,22-27,29H,7-17H2,1-6H3,(H,32,33)/t18?,22-,23?,24?,25?,26?,27?,29?,30-,31-/m0/s1. The van der Waals surface area contributed by atoms with Crippen LogP contribution in [0.4, 0.5) is 0 Å². The van der Waals surface area contributed by atoms with Crippen LogP contribution in [0, 0.1) is 40.4 Å². The number of esters is 3. The summed E-state index contributed by atoms with van der Waals surface area (Å²) in [6.07, 6.45) is 8.73. The molecular weight excluding hydrogens is 498 g/mol. The Bertz CT molecular complexity index is 951. The molecule has 39 heavy (non-hydrogen) atoms.